The highest BCUT2D eigenvalue weighted by molar-refractivity contribution is 5.77. The van der Waals surface area contributed by atoms with Crippen molar-refractivity contribution in [2.45, 2.75) is 58.2 Å². The monoisotopic (exact) mass is 312 g/mol. The van der Waals surface area contributed by atoms with Crippen molar-refractivity contribution in [1.29, 1.82) is 0 Å². The highest BCUT2D eigenvalue weighted by Gasteiger charge is 2.39. The first-order chi connectivity index (χ1) is 10.2. The molecule has 2 amide bonds. The van der Waals surface area contributed by atoms with Crippen molar-refractivity contribution in [3.05, 3.63) is 0 Å². The van der Waals surface area contributed by atoms with Gasteiger partial charge in [0.15, 0.2) is 0 Å². The van der Waals surface area contributed by atoms with Crippen molar-refractivity contribution in [3.8, 4) is 0 Å². The van der Waals surface area contributed by atoms with Gasteiger partial charge in [-0.25, -0.2) is 4.79 Å². The summed E-state index contributed by atoms with van der Waals surface area (Å²) in [6, 6.07) is 0. The minimum atomic E-state index is -0.497. The van der Waals surface area contributed by atoms with Gasteiger partial charge in [-0.15, -0.1) is 0 Å². The van der Waals surface area contributed by atoms with E-state index in [0.717, 1.165) is 32.4 Å². The van der Waals surface area contributed by atoms with E-state index in [-0.39, 0.29) is 18.6 Å². The van der Waals surface area contributed by atoms with Gasteiger partial charge in [-0.1, -0.05) is 0 Å². The zero-order valence-corrected chi connectivity index (χ0v) is 14.2. The van der Waals surface area contributed by atoms with Crippen molar-refractivity contribution >= 4 is 12.0 Å². The number of nitrogens with zero attached hydrogens (tertiary/aromatic N) is 2. The zero-order chi connectivity index (χ0) is 16.4. The fourth-order valence-corrected chi connectivity index (χ4v) is 2.83. The summed E-state index contributed by atoms with van der Waals surface area (Å²) in [5.74, 6) is 0.0504. The third-order valence-corrected chi connectivity index (χ3v) is 4.09. The van der Waals surface area contributed by atoms with Gasteiger partial charge >= 0.3 is 6.09 Å². The van der Waals surface area contributed by atoms with Crippen LogP contribution >= 0.6 is 0 Å². The molecule has 2 aliphatic heterocycles. The molecule has 0 aromatic carbocycles. The second-order valence-corrected chi connectivity index (χ2v) is 7.48. The van der Waals surface area contributed by atoms with E-state index in [1.807, 2.05) is 32.6 Å². The Balaban J connectivity index is 1.80. The van der Waals surface area contributed by atoms with Crippen LogP contribution in [-0.2, 0) is 14.3 Å². The number of likely N-dealkylation sites (tertiary alicyclic amines) is 2. The van der Waals surface area contributed by atoms with Crippen LogP contribution in [0.5, 0.6) is 0 Å². The van der Waals surface area contributed by atoms with Gasteiger partial charge in [0.25, 0.3) is 0 Å². The number of rotatable bonds is 3. The van der Waals surface area contributed by atoms with Crippen LogP contribution in [0.25, 0.3) is 0 Å². The minimum absolute atomic E-state index is 0.0504. The van der Waals surface area contributed by atoms with E-state index < -0.39 is 11.2 Å². The van der Waals surface area contributed by atoms with Crippen molar-refractivity contribution in [3.63, 3.8) is 0 Å². The molecule has 1 atom stereocenters. The molecule has 0 N–H and O–H groups in total. The normalized spacial score (nSPS) is 25.6. The van der Waals surface area contributed by atoms with Gasteiger partial charge in [0, 0.05) is 19.6 Å². The van der Waals surface area contributed by atoms with Gasteiger partial charge in [0.1, 0.15) is 12.2 Å². The molecule has 2 rings (SSSR count). The second-order valence-electron chi connectivity index (χ2n) is 7.48. The Morgan fingerprint density at radius 3 is 2.32 bits per heavy atom. The van der Waals surface area contributed by atoms with Gasteiger partial charge in [-0.05, 0) is 47.0 Å². The average Bonchev–Trinajstić information content (AvgIpc) is 3.04. The van der Waals surface area contributed by atoms with Crippen LogP contribution in [0.2, 0.25) is 0 Å². The Morgan fingerprint density at radius 2 is 1.73 bits per heavy atom. The standard InChI is InChI=1S/C16H28N2O4/c1-15(2,3)22-14(20)18-10-7-16(4,12-18)21-11-13(19)17-8-5-6-9-17/h5-12H2,1-4H3. The van der Waals surface area contributed by atoms with Crippen molar-refractivity contribution in [1.82, 2.24) is 9.80 Å². The number of hydrogen-bond donors (Lipinski definition) is 0. The topological polar surface area (TPSA) is 59.1 Å². The molecule has 0 saturated carbocycles. The molecule has 2 saturated heterocycles. The molecule has 0 spiro atoms. The predicted octanol–water partition coefficient (Wildman–Crippen LogP) is 2.02. The first-order valence-corrected chi connectivity index (χ1v) is 8.08. The van der Waals surface area contributed by atoms with Crippen molar-refractivity contribution < 1.29 is 19.1 Å². The lowest BCUT2D eigenvalue weighted by molar-refractivity contribution is -0.140. The van der Waals surface area contributed by atoms with E-state index in [9.17, 15) is 9.59 Å². The molecule has 126 valence electrons. The predicted molar refractivity (Wildman–Crippen MR) is 82.6 cm³/mol. The minimum Gasteiger partial charge on any atom is -0.444 e. The number of ether oxygens (including phenoxy) is 2. The number of hydrogen-bond acceptors (Lipinski definition) is 4. The highest BCUT2D eigenvalue weighted by atomic mass is 16.6. The largest absolute Gasteiger partial charge is 0.444 e. The molecule has 0 radical (unpaired) electrons. The fraction of sp³-hybridized carbons (Fsp3) is 0.875. The van der Waals surface area contributed by atoms with Crippen LogP contribution < -0.4 is 0 Å². The Bertz CT molecular complexity index is 426. The summed E-state index contributed by atoms with van der Waals surface area (Å²) in [7, 11) is 0. The van der Waals surface area contributed by atoms with Gasteiger partial charge in [0.2, 0.25) is 5.91 Å². The third-order valence-electron chi connectivity index (χ3n) is 4.09. The summed E-state index contributed by atoms with van der Waals surface area (Å²) < 4.78 is 11.2. The molecule has 2 heterocycles. The Hall–Kier alpha value is -1.30. The summed E-state index contributed by atoms with van der Waals surface area (Å²) >= 11 is 0. The molecule has 6 nitrogen and oxygen atoms in total. The molecule has 0 bridgehead atoms. The van der Waals surface area contributed by atoms with Gasteiger partial charge in [-0.2, -0.15) is 0 Å². The maximum Gasteiger partial charge on any atom is 0.410 e. The number of carbonyl (C=O) groups is 2. The summed E-state index contributed by atoms with van der Waals surface area (Å²) in [6.07, 6.45) is 2.57. The van der Waals surface area contributed by atoms with E-state index in [1.54, 1.807) is 4.90 Å². The highest BCUT2D eigenvalue weighted by Crippen LogP contribution is 2.26. The molecule has 6 heteroatoms. The molecule has 0 aromatic heterocycles. The summed E-state index contributed by atoms with van der Waals surface area (Å²) in [4.78, 5) is 27.6. The van der Waals surface area contributed by atoms with Crippen LogP contribution in [0.3, 0.4) is 0 Å². The van der Waals surface area contributed by atoms with E-state index in [2.05, 4.69) is 0 Å². The van der Waals surface area contributed by atoms with Gasteiger partial charge in [0.05, 0.1) is 12.1 Å². The Morgan fingerprint density at radius 1 is 1.09 bits per heavy atom. The summed E-state index contributed by atoms with van der Waals surface area (Å²) in [5, 5.41) is 0. The maximum absolute atomic E-state index is 12.1. The maximum atomic E-state index is 12.1. The lowest BCUT2D eigenvalue weighted by Crippen LogP contribution is -2.41. The van der Waals surface area contributed by atoms with Crippen LogP contribution in [-0.4, -0.2) is 65.8 Å². The molecule has 2 aliphatic rings. The van der Waals surface area contributed by atoms with Gasteiger partial charge in [-0.3, -0.25) is 4.79 Å². The molecule has 0 aliphatic carbocycles. The van der Waals surface area contributed by atoms with E-state index >= 15 is 0 Å². The fourth-order valence-electron chi connectivity index (χ4n) is 2.83. The SMILES string of the molecule is CC(C)(C)OC(=O)N1CCC(C)(OCC(=O)N2CCCC2)C1. The molecule has 0 aromatic rings. The Kier molecular flexibility index (Phi) is 5.00. The van der Waals surface area contributed by atoms with E-state index in [0.29, 0.717) is 13.1 Å². The smallest absolute Gasteiger partial charge is 0.410 e. The van der Waals surface area contributed by atoms with Crippen LogP contribution in [0.4, 0.5) is 4.79 Å². The molecular formula is C16H28N2O4. The van der Waals surface area contributed by atoms with Gasteiger partial charge < -0.3 is 19.3 Å². The van der Waals surface area contributed by atoms with Crippen LogP contribution in [0.15, 0.2) is 0 Å². The second kappa shape index (κ2) is 6.44. The molecule has 22 heavy (non-hydrogen) atoms. The van der Waals surface area contributed by atoms with Crippen LogP contribution in [0.1, 0.15) is 47.0 Å². The summed E-state index contributed by atoms with van der Waals surface area (Å²) in [6.45, 7) is 10.3. The zero-order valence-electron chi connectivity index (χ0n) is 14.2. The molecule has 1 unspecified atom stereocenters. The number of amides is 2. The Labute approximate surface area is 132 Å². The third kappa shape index (κ3) is 4.60. The quantitative estimate of drug-likeness (QED) is 0.800. The lowest BCUT2D eigenvalue weighted by atomic mass is 10.1. The number of carbonyl (C=O) groups excluding carboxylic acids is 2. The first kappa shape index (κ1) is 17.1. The average molecular weight is 312 g/mol. The van der Waals surface area contributed by atoms with E-state index in [4.69, 9.17) is 9.47 Å². The lowest BCUT2D eigenvalue weighted by Gasteiger charge is -2.27. The van der Waals surface area contributed by atoms with Crippen molar-refractivity contribution in [2.24, 2.45) is 0 Å². The first-order valence-electron chi connectivity index (χ1n) is 8.08. The van der Waals surface area contributed by atoms with Crippen molar-refractivity contribution in [2.75, 3.05) is 32.8 Å². The summed E-state index contributed by atoms with van der Waals surface area (Å²) in [5.41, 5.74) is -0.963. The van der Waals surface area contributed by atoms with Crippen LogP contribution in [0, 0.1) is 0 Å². The van der Waals surface area contributed by atoms with E-state index in [1.165, 1.54) is 0 Å². The molecule has 2 fully saturated rings. The molecular weight excluding hydrogens is 284 g/mol.